The maximum Gasteiger partial charge on any atom is 0.271 e. The molecule has 0 unspecified atom stereocenters. The van der Waals surface area contributed by atoms with Crippen LogP contribution in [0.25, 0.3) is 0 Å². The predicted octanol–water partition coefficient (Wildman–Crippen LogP) is 2.11. The van der Waals surface area contributed by atoms with Crippen LogP contribution in [0.2, 0.25) is 0 Å². The fraction of sp³-hybridized carbons (Fsp3) is 0.625. The third-order valence-electron chi connectivity index (χ3n) is 4.37. The van der Waals surface area contributed by atoms with Crippen LogP contribution >= 0.6 is 0 Å². The zero-order valence-electron chi connectivity index (χ0n) is 13.8. The van der Waals surface area contributed by atoms with E-state index in [1.165, 1.54) is 0 Å². The summed E-state index contributed by atoms with van der Waals surface area (Å²) in [7, 11) is 0. The highest BCUT2D eigenvalue weighted by molar-refractivity contribution is 5.93. The number of aryl methyl sites for hydroxylation is 3. The SMILES string of the molecule is CCc1nnc(C[C@@H]2CC[C@H](NC(=O)c3nc(C)[nH]c3C)C2)o1. The van der Waals surface area contributed by atoms with Crippen LogP contribution in [0.3, 0.4) is 0 Å². The van der Waals surface area contributed by atoms with Crippen LogP contribution in [0.5, 0.6) is 0 Å². The van der Waals surface area contributed by atoms with E-state index in [1.54, 1.807) is 0 Å². The molecule has 1 saturated carbocycles. The predicted molar refractivity (Wildman–Crippen MR) is 84.0 cm³/mol. The van der Waals surface area contributed by atoms with Crippen molar-refractivity contribution in [2.45, 2.75) is 58.9 Å². The molecule has 2 N–H and O–H groups in total. The topological polar surface area (TPSA) is 96.7 Å². The molecule has 0 aromatic carbocycles. The number of imidazole rings is 1. The average Bonchev–Trinajstić information content (AvgIpc) is 3.21. The number of aromatic nitrogens is 4. The van der Waals surface area contributed by atoms with Gasteiger partial charge < -0.3 is 14.7 Å². The lowest BCUT2D eigenvalue weighted by molar-refractivity contribution is 0.0932. The van der Waals surface area contributed by atoms with Gasteiger partial charge in [0.15, 0.2) is 0 Å². The molecule has 0 bridgehead atoms. The van der Waals surface area contributed by atoms with E-state index in [1.807, 2.05) is 20.8 Å². The van der Waals surface area contributed by atoms with Crippen molar-refractivity contribution in [1.82, 2.24) is 25.5 Å². The number of nitrogens with zero attached hydrogens (tertiary/aromatic N) is 3. The number of hydrogen-bond donors (Lipinski definition) is 2. The van der Waals surface area contributed by atoms with E-state index in [2.05, 4.69) is 25.5 Å². The molecule has 23 heavy (non-hydrogen) atoms. The first-order valence-corrected chi connectivity index (χ1v) is 8.20. The monoisotopic (exact) mass is 317 g/mol. The second kappa shape index (κ2) is 6.52. The molecule has 7 nitrogen and oxygen atoms in total. The minimum atomic E-state index is -0.0939. The van der Waals surface area contributed by atoms with Gasteiger partial charge in [-0.3, -0.25) is 4.79 Å². The molecule has 1 aliphatic rings. The summed E-state index contributed by atoms with van der Waals surface area (Å²) in [6.07, 6.45) is 4.54. The number of carbonyl (C=O) groups is 1. The first-order chi connectivity index (χ1) is 11.0. The molecule has 3 rings (SSSR count). The van der Waals surface area contributed by atoms with Gasteiger partial charge in [0, 0.05) is 24.6 Å². The number of carbonyl (C=O) groups excluding carboxylic acids is 1. The Hall–Kier alpha value is -2.18. The van der Waals surface area contributed by atoms with Gasteiger partial charge in [0.1, 0.15) is 11.5 Å². The van der Waals surface area contributed by atoms with Crippen molar-refractivity contribution in [3.8, 4) is 0 Å². The van der Waals surface area contributed by atoms with Crippen LogP contribution in [0.4, 0.5) is 0 Å². The van der Waals surface area contributed by atoms with E-state index >= 15 is 0 Å². The summed E-state index contributed by atoms with van der Waals surface area (Å²) in [5.74, 6) is 2.54. The van der Waals surface area contributed by atoms with Gasteiger partial charge in [-0.2, -0.15) is 0 Å². The highest BCUT2D eigenvalue weighted by atomic mass is 16.4. The number of aromatic amines is 1. The summed E-state index contributed by atoms with van der Waals surface area (Å²) in [6.45, 7) is 5.72. The molecule has 1 fully saturated rings. The second-order valence-corrected chi connectivity index (χ2v) is 6.29. The van der Waals surface area contributed by atoms with Crippen molar-refractivity contribution in [3.63, 3.8) is 0 Å². The quantitative estimate of drug-likeness (QED) is 0.880. The average molecular weight is 317 g/mol. The number of rotatable bonds is 5. The molecule has 0 radical (unpaired) electrons. The van der Waals surface area contributed by atoms with Gasteiger partial charge in [-0.25, -0.2) is 4.98 Å². The van der Waals surface area contributed by atoms with E-state index in [0.717, 1.165) is 43.6 Å². The molecule has 7 heteroatoms. The van der Waals surface area contributed by atoms with Crippen molar-refractivity contribution in [1.29, 1.82) is 0 Å². The molecular formula is C16H23N5O2. The third kappa shape index (κ3) is 3.60. The van der Waals surface area contributed by atoms with Crippen molar-refractivity contribution in [2.24, 2.45) is 5.92 Å². The van der Waals surface area contributed by atoms with Crippen LogP contribution in [-0.2, 0) is 12.8 Å². The maximum absolute atomic E-state index is 12.3. The molecule has 2 atom stereocenters. The summed E-state index contributed by atoms with van der Waals surface area (Å²) >= 11 is 0. The summed E-state index contributed by atoms with van der Waals surface area (Å²) < 4.78 is 5.58. The molecule has 2 aromatic heterocycles. The Morgan fingerprint density at radius 2 is 2.09 bits per heavy atom. The van der Waals surface area contributed by atoms with Crippen LogP contribution < -0.4 is 5.32 Å². The summed E-state index contributed by atoms with van der Waals surface area (Å²) in [4.78, 5) is 19.6. The van der Waals surface area contributed by atoms with Crippen molar-refractivity contribution >= 4 is 5.91 Å². The van der Waals surface area contributed by atoms with E-state index in [9.17, 15) is 4.79 Å². The molecule has 2 heterocycles. The maximum atomic E-state index is 12.3. The third-order valence-corrected chi connectivity index (χ3v) is 4.37. The van der Waals surface area contributed by atoms with Crippen molar-refractivity contribution < 1.29 is 9.21 Å². The Morgan fingerprint density at radius 1 is 1.30 bits per heavy atom. The molecule has 124 valence electrons. The summed E-state index contributed by atoms with van der Waals surface area (Å²) in [5, 5.41) is 11.2. The van der Waals surface area contributed by atoms with E-state index in [-0.39, 0.29) is 11.9 Å². The highest BCUT2D eigenvalue weighted by Gasteiger charge is 2.28. The molecule has 0 aliphatic heterocycles. The Bertz CT molecular complexity index is 690. The van der Waals surface area contributed by atoms with Crippen LogP contribution in [-0.4, -0.2) is 32.1 Å². The lowest BCUT2D eigenvalue weighted by atomic mass is 10.0. The van der Waals surface area contributed by atoms with Gasteiger partial charge in [-0.15, -0.1) is 10.2 Å². The molecule has 0 spiro atoms. The Labute approximate surface area is 135 Å². The van der Waals surface area contributed by atoms with Crippen LogP contribution in [0, 0.1) is 19.8 Å². The standard InChI is InChI=1S/C16H23N5O2/c1-4-13-20-21-14(23-13)8-11-5-6-12(7-11)19-16(22)15-9(2)17-10(3)18-15/h11-12H,4-8H2,1-3H3,(H,17,18)(H,19,22)/t11-,12+/m1/s1. The Morgan fingerprint density at radius 3 is 2.74 bits per heavy atom. The minimum Gasteiger partial charge on any atom is -0.425 e. The fourth-order valence-electron chi connectivity index (χ4n) is 3.24. The van der Waals surface area contributed by atoms with E-state index < -0.39 is 0 Å². The molecule has 0 saturated heterocycles. The second-order valence-electron chi connectivity index (χ2n) is 6.29. The molecule has 1 aliphatic carbocycles. The largest absolute Gasteiger partial charge is 0.425 e. The molecule has 1 amide bonds. The lowest BCUT2D eigenvalue weighted by Gasteiger charge is -2.12. The van der Waals surface area contributed by atoms with E-state index in [0.29, 0.717) is 23.4 Å². The first kappa shape index (κ1) is 15.7. The number of hydrogen-bond acceptors (Lipinski definition) is 5. The Balaban J connectivity index is 1.53. The zero-order valence-corrected chi connectivity index (χ0v) is 13.8. The highest BCUT2D eigenvalue weighted by Crippen LogP contribution is 2.28. The molecule has 2 aromatic rings. The zero-order chi connectivity index (χ0) is 16.4. The number of amides is 1. The van der Waals surface area contributed by atoms with Gasteiger partial charge in [-0.1, -0.05) is 6.92 Å². The number of H-pyrrole nitrogens is 1. The van der Waals surface area contributed by atoms with Gasteiger partial charge in [-0.05, 0) is 39.0 Å². The smallest absolute Gasteiger partial charge is 0.271 e. The van der Waals surface area contributed by atoms with Crippen molar-refractivity contribution in [3.05, 3.63) is 29.0 Å². The van der Waals surface area contributed by atoms with E-state index in [4.69, 9.17) is 4.42 Å². The molecular weight excluding hydrogens is 294 g/mol. The summed E-state index contributed by atoms with van der Waals surface area (Å²) in [5.41, 5.74) is 1.31. The lowest BCUT2D eigenvalue weighted by Crippen LogP contribution is -2.33. The Kier molecular flexibility index (Phi) is 4.45. The van der Waals surface area contributed by atoms with Gasteiger partial charge >= 0.3 is 0 Å². The van der Waals surface area contributed by atoms with Crippen LogP contribution in [0.1, 0.15) is 60.0 Å². The fourth-order valence-corrected chi connectivity index (χ4v) is 3.24. The van der Waals surface area contributed by atoms with Gasteiger partial charge in [0.05, 0.1) is 0 Å². The normalized spacial score (nSPS) is 20.8. The number of nitrogens with one attached hydrogen (secondary N) is 2. The minimum absolute atomic E-state index is 0.0939. The summed E-state index contributed by atoms with van der Waals surface area (Å²) in [6, 6.07) is 0.192. The van der Waals surface area contributed by atoms with Gasteiger partial charge in [0.25, 0.3) is 5.91 Å². The van der Waals surface area contributed by atoms with Crippen LogP contribution in [0.15, 0.2) is 4.42 Å². The van der Waals surface area contributed by atoms with Crippen molar-refractivity contribution in [2.75, 3.05) is 0 Å². The van der Waals surface area contributed by atoms with Gasteiger partial charge in [0.2, 0.25) is 11.8 Å². The first-order valence-electron chi connectivity index (χ1n) is 8.20.